The molecule has 1 fully saturated rings. The topological polar surface area (TPSA) is 20.3 Å². The molecule has 0 N–H and O–H groups in total. The lowest BCUT2D eigenvalue weighted by molar-refractivity contribution is -0.115. The van der Waals surface area contributed by atoms with E-state index in [-0.39, 0.29) is 11.3 Å². The molecule has 0 spiro atoms. The number of hydrogen-bond donors (Lipinski definition) is 0. The second-order valence-electron chi connectivity index (χ2n) is 6.08. The summed E-state index contributed by atoms with van der Waals surface area (Å²) in [7, 11) is 0. The zero-order valence-corrected chi connectivity index (χ0v) is 14.1. The average Bonchev–Trinajstić information content (AvgIpc) is 2.90. The third-order valence-corrected chi connectivity index (χ3v) is 5.28. The van der Waals surface area contributed by atoms with Crippen LogP contribution in [0.3, 0.4) is 0 Å². The number of nitrogens with zero attached hydrogens (tertiary/aromatic N) is 1. The molecule has 0 radical (unpaired) electrons. The normalized spacial score (nSPS) is 18.3. The molecule has 0 saturated carbocycles. The Morgan fingerprint density at radius 3 is 2.27 bits per heavy atom. The Morgan fingerprint density at radius 1 is 1.05 bits per heavy atom. The maximum atomic E-state index is 12.3. The Labute approximate surface area is 136 Å². The van der Waals surface area contributed by atoms with E-state index in [9.17, 15) is 4.79 Å². The Morgan fingerprint density at radius 2 is 1.68 bits per heavy atom. The monoisotopic (exact) mass is 311 g/mol. The molecule has 2 aromatic rings. The van der Waals surface area contributed by atoms with Gasteiger partial charge in [-0.3, -0.25) is 9.69 Å². The second kappa shape index (κ2) is 6.17. The van der Waals surface area contributed by atoms with Crippen LogP contribution in [0.15, 0.2) is 48.5 Å². The fraction of sp³-hybridized carbons (Fsp3) is 0.316. The summed E-state index contributed by atoms with van der Waals surface area (Å²) in [5.41, 5.74) is 4.72. The van der Waals surface area contributed by atoms with Gasteiger partial charge in [0.25, 0.3) is 0 Å². The third-order valence-electron chi connectivity index (χ3n) is 4.07. The molecular formula is C19H21NOS. The molecule has 1 aliphatic rings. The lowest BCUT2D eigenvalue weighted by Gasteiger charge is -2.24. The van der Waals surface area contributed by atoms with Crippen molar-refractivity contribution < 1.29 is 4.79 Å². The van der Waals surface area contributed by atoms with E-state index in [0.29, 0.717) is 11.7 Å². The Bertz CT molecular complexity index is 661. The van der Waals surface area contributed by atoms with Crippen LogP contribution in [0.5, 0.6) is 0 Å². The van der Waals surface area contributed by atoms with Crippen molar-refractivity contribution >= 4 is 23.4 Å². The Balaban J connectivity index is 1.91. The number of hydrogen-bond acceptors (Lipinski definition) is 2. The molecule has 0 aromatic heterocycles. The van der Waals surface area contributed by atoms with Gasteiger partial charge < -0.3 is 0 Å². The van der Waals surface area contributed by atoms with Gasteiger partial charge in [0.2, 0.25) is 5.91 Å². The molecule has 2 nitrogen and oxygen atoms in total. The van der Waals surface area contributed by atoms with E-state index < -0.39 is 0 Å². The molecule has 2 aromatic carbocycles. The van der Waals surface area contributed by atoms with Gasteiger partial charge in [-0.1, -0.05) is 55.8 Å². The lowest BCUT2D eigenvalue weighted by atomic mass is 10.0. The Hall–Kier alpha value is -1.74. The summed E-state index contributed by atoms with van der Waals surface area (Å²) in [5.74, 6) is 1.26. The van der Waals surface area contributed by atoms with Crippen LogP contribution in [-0.2, 0) is 4.79 Å². The highest BCUT2D eigenvalue weighted by Gasteiger charge is 2.33. The molecule has 114 valence electrons. The number of carbonyl (C=O) groups is 1. The minimum absolute atomic E-state index is 0.0800. The smallest absolute Gasteiger partial charge is 0.238 e. The molecule has 1 aliphatic heterocycles. The molecule has 22 heavy (non-hydrogen) atoms. The van der Waals surface area contributed by atoms with Gasteiger partial charge >= 0.3 is 0 Å². The highest BCUT2D eigenvalue weighted by atomic mass is 32.2. The first-order valence-electron chi connectivity index (χ1n) is 7.66. The minimum Gasteiger partial charge on any atom is -0.295 e. The van der Waals surface area contributed by atoms with Crippen LogP contribution in [0.4, 0.5) is 5.69 Å². The molecule has 1 atom stereocenters. The Kier molecular flexibility index (Phi) is 4.25. The fourth-order valence-corrected chi connectivity index (χ4v) is 3.88. The summed E-state index contributed by atoms with van der Waals surface area (Å²) in [5, 5.41) is 0.0800. The number of rotatable bonds is 3. The molecule has 0 aliphatic carbocycles. The standard InChI is InChI=1S/C19H21NOS/c1-13(2)15-6-8-16(9-7-15)19-20(18(21)12-22-19)17-10-4-14(3)5-11-17/h4-11,13,19H,12H2,1-3H3/t19-/m0/s1. The van der Waals surface area contributed by atoms with Crippen molar-refractivity contribution in [1.29, 1.82) is 0 Å². The largest absolute Gasteiger partial charge is 0.295 e. The summed E-state index contributed by atoms with van der Waals surface area (Å²) in [6, 6.07) is 16.9. The van der Waals surface area contributed by atoms with Crippen LogP contribution >= 0.6 is 11.8 Å². The van der Waals surface area contributed by atoms with E-state index in [1.165, 1.54) is 16.7 Å². The van der Waals surface area contributed by atoms with Crippen LogP contribution in [0.1, 0.15) is 41.8 Å². The van der Waals surface area contributed by atoms with Crippen LogP contribution in [0, 0.1) is 6.92 Å². The van der Waals surface area contributed by atoms with Crippen LogP contribution in [0.2, 0.25) is 0 Å². The van der Waals surface area contributed by atoms with Gasteiger partial charge in [-0.2, -0.15) is 0 Å². The lowest BCUT2D eigenvalue weighted by Crippen LogP contribution is -2.27. The summed E-state index contributed by atoms with van der Waals surface area (Å²) >= 11 is 1.70. The molecule has 1 saturated heterocycles. The number of carbonyl (C=O) groups excluding carboxylic acids is 1. The molecular weight excluding hydrogens is 290 g/mol. The van der Waals surface area contributed by atoms with E-state index in [1.54, 1.807) is 11.8 Å². The summed E-state index contributed by atoms with van der Waals surface area (Å²) in [6.45, 7) is 6.45. The number of thioether (sulfide) groups is 1. The van der Waals surface area contributed by atoms with E-state index in [1.807, 2.05) is 17.0 Å². The molecule has 3 rings (SSSR count). The second-order valence-corrected chi connectivity index (χ2v) is 7.15. The molecule has 0 bridgehead atoms. The SMILES string of the molecule is Cc1ccc(N2C(=O)CS[C@H]2c2ccc(C(C)C)cc2)cc1. The molecule has 1 heterocycles. The van der Waals surface area contributed by atoms with Gasteiger partial charge in [-0.25, -0.2) is 0 Å². The van der Waals surface area contributed by atoms with E-state index in [4.69, 9.17) is 0 Å². The zero-order valence-electron chi connectivity index (χ0n) is 13.2. The predicted octanol–water partition coefficient (Wildman–Crippen LogP) is 4.90. The van der Waals surface area contributed by atoms with Crippen molar-refractivity contribution in [2.45, 2.75) is 32.1 Å². The third kappa shape index (κ3) is 2.91. The maximum absolute atomic E-state index is 12.3. The predicted molar refractivity (Wildman–Crippen MR) is 94.4 cm³/mol. The van der Waals surface area contributed by atoms with Crippen molar-refractivity contribution in [2.75, 3.05) is 10.7 Å². The fourth-order valence-electron chi connectivity index (χ4n) is 2.70. The van der Waals surface area contributed by atoms with E-state index in [0.717, 1.165) is 5.69 Å². The van der Waals surface area contributed by atoms with Gasteiger partial charge in [-0.05, 0) is 36.1 Å². The first-order valence-corrected chi connectivity index (χ1v) is 8.71. The van der Waals surface area contributed by atoms with Gasteiger partial charge in [0, 0.05) is 5.69 Å². The first kappa shape index (κ1) is 15.2. The highest BCUT2D eigenvalue weighted by Crippen LogP contribution is 2.41. The molecule has 3 heteroatoms. The van der Waals surface area contributed by atoms with Gasteiger partial charge in [-0.15, -0.1) is 11.8 Å². The van der Waals surface area contributed by atoms with E-state index in [2.05, 4.69) is 57.2 Å². The van der Waals surface area contributed by atoms with Crippen molar-refractivity contribution in [2.24, 2.45) is 0 Å². The number of anilines is 1. The number of benzene rings is 2. The van der Waals surface area contributed by atoms with Gasteiger partial charge in [0.05, 0.1) is 5.75 Å². The molecule has 1 amide bonds. The molecule has 0 unspecified atom stereocenters. The summed E-state index contributed by atoms with van der Waals surface area (Å²) < 4.78 is 0. The highest BCUT2D eigenvalue weighted by molar-refractivity contribution is 8.00. The zero-order chi connectivity index (χ0) is 15.7. The first-order chi connectivity index (χ1) is 10.6. The quantitative estimate of drug-likeness (QED) is 0.804. The van der Waals surface area contributed by atoms with Crippen LogP contribution in [0.25, 0.3) is 0 Å². The average molecular weight is 311 g/mol. The van der Waals surface area contributed by atoms with Crippen molar-refractivity contribution in [1.82, 2.24) is 0 Å². The van der Waals surface area contributed by atoms with Crippen LogP contribution < -0.4 is 4.90 Å². The van der Waals surface area contributed by atoms with Crippen molar-refractivity contribution in [3.05, 3.63) is 65.2 Å². The van der Waals surface area contributed by atoms with Crippen molar-refractivity contribution in [3.8, 4) is 0 Å². The number of aryl methyl sites for hydroxylation is 1. The number of amides is 1. The summed E-state index contributed by atoms with van der Waals surface area (Å²) in [6.07, 6.45) is 0. The van der Waals surface area contributed by atoms with E-state index >= 15 is 0 Å². The minimum atomic E-state index is 0.0800. The van der Waals surface area contributed by atoms with Crippen LogP contribution in [-0.4, -0.2) is 11.7 Å². The maximum Gasteiger partial charge on any atom is 0.238 e. The van der Waals surface area contributed by atoms with Gasteiger partial charge in [0.1, 0.15) is 5.37 Å². The van der Waals surface area contributed by atoms with Crippen molar-refractivity contribution in [3.63, 3.8) is 0 Å². The summed E-state index contributed by atoms with van der Waals surface area (Å²) in [4.78, 5) is 14.2. The van der Waals surface area contributed by atoms with Gasteiger partial charge in [0.15, 0.2) is 0 Å².